The van der Waals surface area contributed by atoms with Gasteiger partial charge in [-0.2, -0.15) is 0 Å². The molecule has 1 saturated heterocycles. The fourth-order valence-corrected chi connectivity index (χ4v) is 3.86. The Morgan fingerprint density at radius 3 is 3.08 bits per heavy atom. The Morgan fingerprint density at radius 2 is 2.25 bits per heavy atom. The van der Waals surface area contributed by atoms with Crippen LogP contribution in [0.15, 0.2) is 36.7 Å². The number of fused-ring (bicyclic) bond motifs is 1. The monoisotopic (exact) mass is 325 g/mol. The lowest BCUT2D eigenvalue weighted by atomic mass is 10.0. The summed E-state index contributed by atoms with van der Waals surface area (Å²) in [5.41, 5.74) is 1.13. The predicted molar refractivity (Wildman–Crippen MR) is 91.0 cm³/mol. The van der Waals surface area contributed by atoms with Gasteiger partial charge in [-0.1, -0.05) is 25.1 Å². The number of rotatable bonds is 3. The zero-order valence-electron chi connectivity index (χ0n) is 14.0. The average Bonchev–Trinajstić information content (AvgIpc) is 3.27. The van der Waals surface area contributed by atoms with E-state index in [-0.39, 0.29) is 12.0 Å². The Kier molecular flexibility index (Phi) is 4.00. The number of para-hydroxylation sites is 1. The molecule has 2 aliphatic rings. The van der Waals surface area contributed by atoms with Crippen molar-refractivity contribution in [3.63, 3.8) is 0 Å². The van der Waals surface area contributed by atoms with Gasteiger partial charge < -0.3 is 14.2 Å². The molecule has 4 rings (SSSR count). The highest BCUT2D eigenvalue weighted by atomic mass is 16.5. The lowest BCUT2D eigenvalue weighted by Gasteiger charge is -2.35. The van der Waals surface area contributed by atoms with Gasteiger partial charge in [0.25, 0.3) is 5.91 Å². The molecule has 1 aromatic carbocycles. The van der Waals surface area contributed by atoms with E-state index in [9.17, 15) is 4.79 Å². The molecule has 0 radical (unpaired) electrons. The third-order valence-electron chi connectivity index (χ3n) is 5.09. The number of aryl methyl sites for hydroxylation is 1. The van der Waals surface area contributed by atoms with Crippen molar-refractivity contribution >= 4 is 5.91 Å². The van der Waals surface area contributed by atoms with Crippen LogP contribution in [0.4, 0.5) is 0 Å². The van der Waals surface area contributed by atoms with Crippen molar-refractivity contribution < 1.29 is 9.53 Å². The lowest BCUT2D eigenvalue weighted by Crippen LogP contribution is -2.46. The summed E-state index contributed by atoms with van der Waals surface area (Å²) in [4.78, 5) is 19.3. The Labute approximate surface area is 142 Å². The molecule has 1 fully saturated rings. The smallest absolute Gasteiger partial charge is 0.264 e. The second kappa shape index (κ2) is 6.30. The van der Waals surface area contributed by atoms with E-state index in [0.29, 0.717) is 12.5 Å². The highest BCUT2D eigenvalue weighted by Gasteiger charge is 2.34. The van der Waals surface area contributed by atoms with Crippen molar-refractivity contribution in [3.05, 3.63) is 48.0 Å². The molecule has 1 aromatic heterocycles. The molecular weight excluding hydrogens is 302 g/mol. The number of likely N-dealkylation sites (tertiary alicyclic amines) is 1. The van der Waals surface area contributed by atoms with Gasteiger partial charge in [0, 0.05) is 38.3 Å². The van der Waals surface area contributed by atoms with E-state index >= 15 is 0 Å². The van der Waals surface area contributed by atoms with Gasteiger partial charge in [-0.15, -0.1) is 0 Å². The van der Waals surface area contributed by atoms with Gasteiger partial charge in [0.15, 0.2) is 6.10 Å². The summed E-state index contributed by atoms with van der Waals surface area (Å²) in [7, 11) is 0. The molecule has 2 aromatic rings. The van der Waals surface area contributed by atoms with Crippen LogP contribution in [0.5, 0.6) is 5.75 Å². The number of hydrogen-bond acceptors (Lipinski definition) is 3. The van der Waals surface area contributed by atoms with Crippen LogP contribution in [-0.4, -0.2) is 39.6 Å². The van der Waals surface area contributed by atoms with E-state index in [2.05, 4.69) is 16.5 Å². The number of carbonyl (C=O) groups is 1. The molecule has 5 heteroatoms. The molecule has 5 nitrogen and oxygen atoms in total. The van der Waals surface area contributed by atoms with Gasteiger partial charge in [0.1, 0.15) is 11.6 Å². The van der Waals surface area contributed by atoms with Gasteiger partial charge >= 0.3 is 0 Å². The maximum Gasteiger partial charge on any atom is 0.264 e. The maximum absolute atomic E-state index is 12.9. The van der Waals surface area contributed by atoms with Crippen LogP contribution in [0.3, 0.4) is 0 Å². The van der Waals surface area contributed by atoms with E-state index in [4.69, 9.17) is 4.74 Å². The predicted octanol–water partition coefficient (Wildman–Crippen LogP) is 2.61. The Balaban J connectivity index is 1.46. The molecule has 2 atom stereocenters. The third-order valence-corrected chi connectivity index (χ3v) is 5.09. The summed E-state index contributed by atoms with van der Waals surface area (Å²) in [5.74, 6) is 2.07. The van der Waals surface area contributed by atoms with E-state index in [1.54, 1.807) is 0 Å². The van der Waals surface area contributed by atoms with E-state index in [0.717, 1.165) is 49.5 Å². The van der Waals surface area contributed by atoms with Crippen molar-refractivity contribution in [2.75, 3.05) is 13.1 Å². The second-order valence-electron chi connectivity index (χ2n) is 6.60. The van der Waals surface area contributed by atoms with Crippen LogP contribution >= 0.6 is 0 Å². The van der Waals surface area contributed by atoms with Crippen LogP contribution in [0, 0.1) is 0 Å². The zero-order chi connectivity index (χ0) is 16.5. The highest BCUT2D eigenvalue weighted by molar-refractivity contribution is 5.82. The number of hydrogen-bond donors (Lipinski definition) is 0. The highest BCUT2D eigenvalue weighted by Crippen LogP contribution is 2.30. The van der Waals surface area contributed by atoms with E-state index in [1.165, 1.54) is 0 Å². The first-order chi connectivity index (χ1) is 11.8. The summed E-state index contributed by atoms with van der Waals surface area (Å²) < 4.78 is 8.12. The van der Waals surface area contributed by atoms with Crippen molar-refractivity contribution in [2.24, 2.45) is 0 Å². The first-order valence-corrected chi connectivity index (χ1v) is 8.81. The summed E-state index contributed by atoms with van der Waals surface area (Å²) >= 11 is 0. The van der Waals surface area contributed by atoms with Gasteiger partial charge in [0.05, 0.1) is 6.04 Å². The average molecular weight is 325 g/mol. The van der Waals surface area contributed by atoms with Crippen molar-refractivity contribution in [1.82, 2.24) is 14.5 Å². The fraction of sp³-hybridized carbons (Fsp3) is 0.474. The van der Waals surface area contributed by atoms with Gasteiger partial charge in [-0.05, 0) is 24.5 Å². The first kappa shape index (κ1) is 15.2. The molecule has 3 heterocycles. The quantitative estimate of drug-likeness (QED) is 0.871. The Hall–Kier alpha value is -2.30. The van der Waals surface area contributed by atoms with Crippen LogP contribution < -0.4 is 4.74 Å². The number of nitrogens with zero attached hydrogens (tertiary/aromatic N) is 3. The number of piperidine rings is 1. The summed E-state index contributed by atoms with van der Waals surface area (Å²) in [6.07, 6.45) is 7.25. The molecule has 0 aliphatic carbocycles. The first-order valence-electron chi connectivity index (χ1n) is 8.81. The van der Waals surface area contributed by atoms with Crippen LogP contribution in [-0.2, 0) is 17.6 Å². The zero-order valence-corrected chi connectivity index (χ0v) is 14.0. The topological polar surface area (TPSA) is 47.4 Å². The molecule has 0 saturated carbocycles. The summed E-state index contributed by atoms with van der Waals surface area (Å²) in [5, 5.41) is 0. The van der Waals surface area contributed by atoms with Crippen molar-refractivity contribution in [3.8, 4) is 5.75 Å². The van der Waals surface area contributed by atoms with Gasteiger partial charge in [0.2, 0.25) is 0 Å². The SMILES string of the molecule is CCc1nccn1[C@H]1CCCN(C(=O)[C@H]2Cc3ccccc3O2)C1. The van der Waals surface area contributed by atoms with E-state index in [1.807, 2.05) is 41.6 Å². The molecule has 1 amide bonds. The normalized spacial score (nSPS) is 23.0. The van der Waals surface area contributed by atoms with Crippen molar-refractivity contribution in [1.29, 1.82) is 0 Å². The number of imidazole rings is 1. The standard InChI is InChI=1S/C19H23N3O2/c1-2-18-20-9-11-22(18)15-7-5-10-21(13-15)19(23)17-12-14-6-3-4-8-16(14)24-17/h3-4,6,8-9,11,15,17H,2,5,7,10,12-13H2,1H3/t15-,17+/m0/s1. The van der Waals surface area contributed by atoms with E-state index < -0.39 is 0 Å². The summed E-state index contributed by atoms with van der Waals surface area (Å²) in [6.45, 7) is 3.69. The Morgan fingerprint density at radius 1 is 1.38 bits per heavy atom. The van der Waals surface area contributed by atoms with Crippen LogP contribution in [0.1, 0.15) is 37.2 Å². The minimum atomic E-state index is -0.366. The van der Waals surface area contributed by atoms with Crippen LogP contribution in [0.25, 0.3) is 0 Å². The molecule has 0 bridgehead atoms. The molecule has 126 valence electrons. The molecular formula is C19H23N3O2. The minimum Gasteiger partial charge on any atom is -0.480 e. The number of amides is 1. The molecule has 2 aliphatic heterocycles. The lowest BCUT2D eigenvalue weighted by molar-refractivity contribution is -0.139. The van der Waals surface area contributed by atoms with Crippen LogP contribution in [0.2, 0.25) is 0 Å². The minimum absolute atomic E-state index is 0.120. The number of benzene rings is 1. The summed E-state index contributed by atoms with van der Waals surface area (Å²) in [6, 6.07) is 8.26. The van der Waals surface area contributed by atoms with Gasteiger partial charge in [-0.3, -0.25) is 4.79 Å². The number of aromatic nitrogens is 2. The molecule has 0 spiro atoms. The van der Waals surface area contributed by atoms with Crippen molar-refractivity contribution in [2.45, 2.75) is 44.8 Å². The third kappa shape index (κ3) is 2.68. The van der Waals surface area contributed by atoms with Gasteiger partial charge in [-0.25, -0.2) is 4.98 Å². The second-order valence-corrected chi connectivity index (χ2v) is 6.60. The Bertz CT molecular complexity index is 715. The number of carbonyl (C=O) groups excluding carboxylic acids is 1. The molecule has 24 heavy (non-hydrogen) atoms. The molecule has 0 N–H and O–H groups in total. The number of ether oxygens (including phenoxy) is 1. The largest absolute Gasteiger partial charge is 0.480 e. The molecule has 0 unspecified atom stereocenters. The maximum atomic E-state index is 12.9. The fourth-order valence-electron chi connectivity index (χ4n) is 3.86.